The molecule has 0 saturated carbocycles. The molecule has 0 unspecified atom stereocenters. The third-order valence-corrected chi connectivity index (χ3v) is 3.63. The van der Waals surface area contributed by atoms with Gasteiger partial charge in [0.2, 0.25) is 0 Å². The molecule has 0 aliphatic carbocycles. The average molecular weight is 285 g/mol. The fourth-order valence-corrected chi connectivity index (χ4v) is 2.19. The van der Waals surface area contributed by atoms with Gasteiger partial charge >= 0.3 is 0 Å². The molecule has 0 radical (unpaired) electrons. The van der Waals surface area contributed by atoms with Gasteiger partial charge in [0.05, 0.1) is 4.99 Å². The van der Waals surface area contributed by atoms with Crippen molar-refractivity contribution in [1.29, 1.82) is 0 Å². The maximum atomic E-state index is 5.50. The van der Waals surface area contributed by atoms with Gasteiger partial charge in [0, 0.05) is 13.1 Å². The first-order valence-corrected chi connectivity index (χ1v) is 7.06. The number of benzene rings is 2. The van der Waals surface area contributed by atoms with Crippen LogP contribution in [0.4, 0.5) is 0 Å². The highest BCUT2D eigenvalue weighted by Gasteiger charge is 2.09. The zero-order chi connectivity index (χ0) is 13.5. The minimum absolute atomic E-state index is 0. The SMILES string of the molecule is C.CCC(=S)N(Cc1ccccc1)Cc1ccccc1. The largest absolute Gasteiger partial charge is 0.358 e. The number of nitrogens with zero attached hydrogens (tertiary/aromatic N) is 1. The summed E-state index contributed by atoms with van der Waals surface area (Å²) >= 11 is 5.50. The van der Waals surface area contributed by atoms with Crippen LogP contribution in [0, 0.1) is 0 Å². The summed E-state index contributed by atoms with van der Waals surface area (Å²) in [7, 11) is 0. The molecule has 0 saturated heterocycles. The molecular formula is C18H23NS. The molecule has 0 atom stereocenters. The number of thiocarbonyl (C=S) groups is 1. The van der Waals surface area contributed by atoms with Crippen molar-refractivity contribution in [2.75, 3.05) is 0 Å². The van der Waals surface area contributed by atoms with Crippen LogP contribution in [0.5, 0.6) is 0 Å². The molecule has 1 nitrogen and oxygen atoms in total. The summed E-state index contributed by atoms with van der Waals surface area (Å²) in [6, 6.07) is 21.0. The van der Waals surface area contributed by atoms with Crippen molar-refractivity contribution in [2.24, 2.45) is 0 Å². The van der Waals surface area contributed by atoms with E-state index >= 15 is 0 Å². The minimum atomic E-state index is 0. The van der Waals surface area contributed by atoms with E-state index in [4.69, 9.17) is 12.2 Å². The quantitative estimate of drug-likeness (QED) is 0.706. The first-order valence-electron chi connectivity index (χ1n) is 6.65. The average Bonchev–Trinajstić information content (AvgIpc) is 2.48. The van der Waals surface area contributed by atoms with Crippen LogP contribution in [-0.2, 0) is 13.1 Å². The molecule has 2 aromatic rings. The molecule has 0 bridgehead atoms. The second kappa shape index (κ2) is 8.49. The summed E-state index contributed by atoms with van der Waals surface area (Å²) in [6.07, 6.45) is 0.912. The molecular weight excluding hydrogens is 262 g/mol. The van der Waals surface area contributed by atoms with Crippen molar-refractivity contribution in [3.05, 3.63) is 71.8 Å². The molecule has 106 valence electrons. The highest BCUT2D eigenvalue weighted by Crippen LogP contribution is 2.12. The molecule has 0 heterocycles. The van der Waals surface area contributed by atoms with Gasteiger partial charge in [0.15, 0.2) is 0 Å². The fraction of sp³-hybridized carbons (Fsp3) is 0.278. The standard InChI is InChI=1S/C17H19NS.CH4/c1-2-17(19)18(13-15-9-5-3-6-10-15)14-16-11-7-4-8-12-16;/h3-12H,2,13-14H2,1H3;1H4. The summed E-state index contributed by atoms with van der Waals surface area (Å²) in [5, 5.41) is 0. The second-order valence-corrected chi connectivity index (χ2v) is 5.05. The third-order valence-electron chi connectivity index (χ3n) is 3.09. The van der Waals surface area contributed by atoms with Gasteiger partial charge in [-0.15, -0.1) is 0 Å². The summed E-state index contributed by atoms with van der Waals surface area (Å²) in [4.78, 5) is 3.30. The summed E-state index contributed by atoms with van der Waals surface area (Å²) in [5.74, 6) is 0. The maximum absolute atomic E-state index is 5.50. The Morgan fingerprint density at radius 2 is 1.25 bits per heavy atom. The monoisotopic (exact) mass is 285 g/mol. The molecule has 0 aliphatic heterocycles. The summed E-state index contributed by atoms with van der Waals surface area (Å²) < 4.78 is 0. The van der Waals surface area contributed by atoms with Gasteiger partial charge in [-0.25, -0.2) is 0 Å². The molecule has 0 aromatic heterocycles. The predicted molar refractivity (Wildman–Crippen MR) is 91.8 cm³/mol. The highest BCUT2D eigenvalue weighted by atomic mass is 32.1. The number of hydrogen-bond donors (Lipinski definition) is 0. The molecule has 0 spiro atoms. The Kier molecular flexibility index (Phi) is 6.96. The molecule has 2 rings (SSSR count). The Morgan fingerprint density at radius 1 is 0.850 bits per heavy atom. The third kappa shape index (κ3) is 4.78. The zero-order valence-corrected chi connectivity index (χ0v) is 12.1. The number of rotatable bonds is 5. The van der Waals surface area contributed by atoms with Gasteiger partial charge in [0.1, 0.15) is 0 Å². The fourth-order valence-electron chi connectivity index (χ4n) is 2.06. The Morgan fingerprint density at radius 3 is 1.60 bits per heavy atom. The van der Waals surface area contributed by atoms with Crippen molar-refractivity contribution in [2.45, 2.75) is 33.9 Å². The predicted octanol–water partition coefficient (Wildman–Crippen LogP) is 5.06. The van der Waals surface area contributed by atoms with E-state index < -0.39 is 0 Å². The van der Waals surface area contributed by atoms with Crippen molar-refractivity contribution < 1.29 is 0 Å². The maximum Gasteiger partial charge on any atom is 0.0782 e. The number of hydrogen-bond acceptors (Lipinski definition) is 1. The van der Waals surface area contributed by atoms with Crippen molar-refractivity contribution in [3.8, 4) is 0 Å². The molecule has 2 aromatic carbocycles. The van der Waals surface area contributed by atoms with Crippen molar-refractivity contribution in [1.82, 2.24) is 4.90 Å². The molecule has 0 N–H and O–H groups in total. The van der Waals surface area contributed by atoms with E-state index in [0.29, 0.717) is 0 Å². The van der Waals surface area contributed by atoms with Crippen LogP contribution in [0.15, 0.2) is 60.7 Å². The van der Waals surface area contributed by atoms with E-state index in [1.807, 2.05) is 12.1 Å². The Balaban J connectivity index is 0.00000200. The van der Waals surface area contributed by atoms with Crippen LogP contribution in [0.25, 0.3) is 0 Å². The Hall–Kier alpha value is -1.67. The Bertz CT molecular complexity index is 466. The molecule has 0 fully saturated rings. The van der Waals surface area contributed by atoms with Crippen molar-refractivity contribution >= 4 is 17.2 Å². The lowest BCUT2D eigenvalue weighted by atomic mass is 10.1. The van der Waals surface area contributed by atoms with Gasteiger partial charge in [-0.3, -0.25) is 0 Å². The summed E-state index contributed by atoms with van der Waals surface area (Å²) in [5.41, 5.74) is 2.60. The van der Waals surface area contributed by atoms with Crippen LogP contribution in [0.2, 0.25) is 0 Å². The van der Waals surface area contributed by atoms with Gasteiger partial charge in [-0.05, 0) is 17.5 Å². The van der Waals surface area contributed by atoms with Crippen molar-refractivity contribution in [3.63, 3.8) is 0 Å². The molecule has 0 aliphatic rings. The normalized spacial score (nSPS) is 9.65. The lowest BCUT2D eigenvalue weighted by Gasteiger charge is -2.25. The Labute approximate surface area is 128 Å². The van der Waals surface area contributed by atoms with Gasteiger partial charge in [-0.1, -0.05) is 87.2 Å². The van der Waals surface area contributed by atoms with E-state index in [1.165, 1.54) is 11.1 Å². The van der Waals surface area contributed by atoms with Gasteiger partial charge in [-0.2, -0.15) is 0 Å². The van der Waals surface area contributed by atoms with Gasteiger partial charge < -0.3 is 4.90 Å². The minimum Gasteiger partial charge on any atom is -0.358 e. The molecule has 20 heavy (non-hydrogen) atoms. The van der Waals surface area contributed by atoms with E-state index in [1.54, 1.807) is 0 Å². The van der Waals surface area contributed by atoms with Crippen LogP contribution in [0.3, 0.4) is 0 Å². The zero-order valence-electron chi connectivity index (χ0n) is 11.3. The topological polar surface area (TPSA) is 3.24 Å². The van der Waals surface area contributed by atoms with E-state index in [2.05, 4.69) is 60.4 Å². The first kappa shape index (κ1) is 16.4. The second-order valence-electron chi connectivity index (χ2n) is 4.57. The van der Waals surface area contributed by atoms with E-state index in [-0.39, 0.29) is 7.43 Å². The van der Waals surface area contributed by atoms with Crippen LogP contribution < -0.4 is 0 Å². The van der Waals surface area contributed by atoms with E-state index in [0.717, 1.165) is 24.5 Å². The lowest BCUT2D eigenvalue weighted by Crippen LogP contribution is -2.27. The van der Waals surface area contributed by atoms with Gasteiger partial charge in [0.25, 0.3) is 0 Å². The first-order chi connectivity index (χ1) is 9.29. The van der Waals surface area contributed by atoms with Crippen LogP contribution >= 0.6 is 12.2 Å². The summed E-state index contributed by atoms with van der Waals surface area (Å²) in [6.45, 7) is 3.87. The molecule has 0 amide bonds. The van der Waals surface area contributed by atoms with Crippen LogP contribution in [0.1, 0.15) is 31.9 Å². The van der Waals surface area contributed by atoms with Crippen LogP contribution in [-0.4, -0.2) is 9.89 Å². The van der Waals surface area contributed by atoms with E-state index in [9.17, 15) is 0 Å². The molecule has 2 heteroatoms. The lowest BCUT2D eigenvalue weighted by molar-refractivity contribution is 0.407. The highest BCUT2D eigenvalue weighted by molar-refractivity contribution is 7.80. The smallest absolute Gasteiger partial charge is 0.0782 e.